The summed E-state index contributed by atoms with van der Waals surface area (Å²) in [6, 6.07) is 11.9. The van der Waals surface area contributed by atoms with E-state index in [0.717, 1.165) is 21.5 Å². The van der Waals surface area contributed by atoms with Gasteiger partial charge in [-0.3, -0.25) is 4.79 Å². The number of hydrogen-bond donors (Lipinski definition) is 1. The molecule has 0 aromatic heterocycles. The first-order valence-corrected chi connectivity index (χ1v) is 9.22. The molecule has 0 aliphatic heterocycles. The largest absolute Gasteiger partial charge is 0.481 e. The summed E-state index contributed by atoms with van der Waals surface area (Å²) in [5.41, 5.74) is 4.20. The summed E-state index contributed by atoms with van der Waals surface area (Å²) in [6.07, 6.45) is -0.587. The van der Waals surface area contributed by atoms with Crippen LogP contribution in [0.5, 0.6) is 5.75 Å². The Labute approximate surface area is 158 Å². The maximum Gasteiger partial charge on any atom is 0.265 e. The highest BCUT2D eigenvalue weighted by Crippen LogP contribution is 2.30. The molecule has 0 saturated heterocycles. The van der Waals surface area contributed by atoms with Gasteiger partial charge < -0.3 is 10.1 Å². The van der Waals surface area contributed by atoms with E-state index in [2.05, 4.69) is 42.0 Å². The average Bonchev–Trinajstić information content (AvgIpc) is 2.50. The van der Waals surface area contributed by atoms with Crippen LogP contribution in [0.15, 0.2) is 40.9 Å². The van der Waals surface area contributed by atoms with Gasteiger partial charge in [-0.1, -0.05) is 44.5 Å². The third-order valence-corrected chi connectivity index (χ3v) is 4.75. The van der Waals surface area contributed by atoms with Crippen molar-refractivity contribution >= 4 is 27.5 Å². The van der Waals surface area contributed by atoms with Gasteiger partial charge in [0.2, 0.25) is 0 Å². The normalized spacial score (nSPS) is 12.6. The maximum atomic E-state index is 12.5. The Morgan fingerprint density at radius 3 is 2.36 bits per heavy atom. The van der Waals surface area contributed by atoms with Crippen molar-refractivity contribution in [3.8, 4) is 5.75 Å². The van der Waals surface area contributed by atoms with Gasteiger partial charge in [0.25, 0.3) is 5.91 Å². The van der Waals surface area contributed by atoms with Gasteiger partial charge in [0.05, 0.1) is 5.69 Å². The predicted molar refractivity (Wildman–Crippen MR) is 107 cm³/mol. The summed E-state index contributed by atoms with van der Waals surface area (Å²) in [7, 11) is 0. The molecule has 3 nitrogen and oxygen atoms in total. The van der Waals surface area contributed by atoms with Gasteiger partial charge in [0.15, 0.2) is 6.10 Å². The average molecular weight is 404 g/mol. The zero-order valence-electron chi connectivity index (χ0n) is 15.7. The summed E-state index contributed by atoms with van der Waals surface area (Å²) < 4.78 is 6.69. The fourth-order valence-corrected chi connectivity index (χ4v) is 2.97. The van der Waals surface area contributed by atoms with Crippen molar-refractivity contribution in [2.45, 2.75) is 53.1 Å². The lowest BCUT2D eigenvalue weighted by Gasteiger charge is -2.21. The van der Waals surface area contributed by atoms with Crippen LogP contribution in [0.3, 0.4) is 0 Å². The third kappa shape index (κ3) is 5.08. The standard InChI is InChI=1S/C21H26BrNO2/c1-13-7-10-19(14(2)11-13)25-15(3)20(24)23-18-9-8-16(12-17(18)22)21(4,5)6/h7-12,15H,1-6H3,(H,23,24). The lowest BCUT2D eigenvalue weighted by Crippen LogP contribution is -2.30. The fraction of sp³-hybridized carbons (Fsp3) is 0.381. The number of carbonyl (C=O) groups is 1. The summed E-state index contributed by atoms with van der Waals surface area (Å²) in [4.78, 5) is 12.5. The van der Waals surface area contributed by atoms with E-state index < -0.39 is 6.10 Å². The van der Waals surface area contributed by atoms with Crippen molar-refractivity contribution in [1.82, 2.24) is 0 Å². The molecule has 134 valence electrons. The van der Waals surface area contributed by atoms with E-state index in [1.165, 1.54) is 11.1 Å². The highest BCUT2D eigenvalue weighted by molar-refractivity contribution is 9.10. The van der Waals surface area contributed by atoms with Crippen molar-refractivity contribution in [2.24, 2.45) is 0 Å². The molecule has 0 spiro atoms. The van der Waals surface area contributed by atoms with Gasteiger partial charge in [-0.15, -0.1) is 0 Å². The quantitative estimate of drug-likeness (QED) is 0.703. The maximum absolute atomic E-state index is 12.5. The molecule has 0 radical (unpaired) electrons. The summed E-state index contributed by atoms with van der Waals surface area (Å²) in [5, 5.41) is 2.93. The molecule has 4 heteroatoms. The molecule has 2 aromatic carbocycles. The first kappa shape index (κ1) is 19.5. The number of amides is 1. The molecule has 1 unspecified atom stereocenters. The molecule has 0 aliphatic rings. The summed E-state index contributed by atoms with van der Waals surface area (Å²) in [6.45, 7) is 12.2. The van der Waals surface area contributed by atoms with E-state index in [1.807, 2.05) is 50.2 Å². The van der Waals surface area contributed by atoms with Crippen LogP contribution in [-0.2, 0) is 10.2 Å². The Kier molecular flexibility index (Phi) is 5.94. The Balaban J connectivity index is 2.08. The molecule has 0 saturated carbocycles. The highest BCUT2D eigenvalue weighted by atomic mass is 79.9. The minimum Gasteiger partial charge on any atom is -0.481 e. The van der Waals surface area contributed by atoms with E-state index in [1.54, 1.807) is 6.92 Å². The second-order valence-electron chi connectivity index (χ2n) is 7.46. The van der Waals surface area contributed by atoms with Crippen molar-refractivity contribution in [2.75, 3.05) is 5.32 Å². The molecular weight excluding hydrogens is 378 g/mol. The summed E-state index contributed by atoms with van der Waals surface area (Å²) >= 11 is 3.55. The van der Waals surface area contributed by atoms with Crippen molar-refractivity contribution in [1.29, 1.82) is 0 Å². The fourth-order valence-electron chi connectivity index (χ4n) is 2.49. The minimum absolute atomic E-state index is 0.0599. The molecule has 25 heavy (non-hydrogen) atoms. The van der Waals surface area contributed by atoms with Gasteiger partial charge >= 0.3 is 0 Å². The Morgan fingerprint density at radius 1 is 1.12 bits per heavy atom. The molecule has 1 N–H and O–H groups in total. The van der Waals surface area contributed by atoms with Crippen LogP contribution in [-0.4, -0.2) is 12.0 Å². The van der Waals surface area contributed by atoms with E-state index in [-0.39, 0.29) is 11.3 Å². The lowest BCUT2D eigenvalue weighted by atomic mass is 9.87. The number of ether oxygens (including phenoxy) is 1. The number of aryl methyl sites for hydroxylation is 2. The molecular formula is C21H26BrNO2. The summed E-state index contributed by atoms with van der Waals surface area (Å²) in [5.74, 6) is 0.555. The zero-order chi connectivity index (χ0) is 18.8. The molecule has 1 atom stereocenters. The molecule has 0 aliphatic carbocycles. The monoisotopic (exact) mass is 403 g/mol. The van der Waals surface area contributed by atoms with Crippen LogP contribution in [0.1, 0.15) is 44.4 Å². The van der Waals surface area contributed by atoms with Gasteiger partial charge in [0, 0.05) is 4.47 Å². The third-order valence-electron chi connectivity index (χ3n) is 4.10. The first-order valence-electron chi connectivity index (χ1n) is 8.43. The van der Waals surface area contributed by atoms with Gasteiger partial charge in [0.1, 0.15) is 5.75 Å². The number of carbonyl (C=O) groups excluding carboxylic acids is 1. The van der Waals surface area contributed by atoms with E-state index in [0.29, 0.717) is 0 Å². The SMILES string of the molecule is Cc1ccc(OC(C)C(=O)Nc2ccc(C(C)(C)C)cc2Br)c(C)c1. The number of anilines is 1. The molecule has 0 fully saturated rings. The number of rotatable bonds is 4. The lowest BCUT2D eigenvalue weighted by molar-refractivity contribution is -0.122. The second-order valence-corrected chi connectivity index (χ2v) is 8.32. The van der Waals surface area contributed by atoms with Crippen LogP contribution < -0.4 is 10.1 Å². The van der Waals surface area contributed by atoms with Crippen LogP contribution >= 0.6 is 15.9 Å². The molecule has 2 aromatic rings. The molecule has 0 heterocycles. The van der Waals surface area contributed by atoms with Crippen LogP contribution in [0, 0.1) is 13.8 Å². The zero-order valence-corrected chi connectivity index (χ0v) is 17.3. The van der Waals surface area contributed by atoms with Crippen molar-refractivity contribution < 1.29 is 9.53 Å². The molecule has 1 amide bonds. The van der Waals surface area contributed by atoms with Crippen molar-refractivity contribution in [3.63, 3.8) is 0 Å². The second kappa shape index (κ2) is 7.61. The highest BCUT2D eigenvalue weighted by Gasteiger charge is 2.19. The Bertz CT molecular complexity index is 778. The van der Waals surface area contributed by atoms with E-state index in [9.17, 15) is 4.79 Å². The first-order chi connectivity index (χ1) is 11.6. The molecule has 0 bridgehead atoms. The van der Waals surface area contributed by atoms with Gasteiger partial charge in [-0.2, -0.15) is 0 Å². The van der Waals surface area contributed by atoms with Gasteiger partial charge in [-0.25, -0.2) is 0 Å². The van der Waals surface area contributed by atoms with E-state index in [4.69, 9.17) is 4.74 Å². The van der Waals surface area contributed by atoms with Gasteiger partial charge in [-0.05, 0) is 71.4 Å². The predicted octanol–water partition coefficient (Wildman–Crippen LogP) is 5.77. The van der Waals surface area contributed by atoms with Crippen LogP contribution in [0.4, 0.5) is 5.69 Å². The van der Waals surface area contributed by atoms with Crippen molar-refractivity contribution in [3.05, 3.63) is 57.6 Å². The number of hydrogen-bond acceptors (Lipinski definition) is 2. The number of benzene rings is 2. The smallest absolute Gasteiger partial charge is 0.265 e. The Hall–Kier alpha value is -1.81. The molecule has 2 rings (SSSR count). The topological polar surface area (TPSA) is 38.3 Å². The number of nitrogens with one attached hydrogen (secondary N) is 1. The Morgan fingerprint density at radius 2 is 1.80 bits per heavy atom. The van der Waals surface area contributed by atoms with E-state index >= 15 is 0 Å². The number of halogens is 1. The minimum atomic E-state index is -0.587. The van der Waals surface area contributed by atoms with Crippen LogP contribution in [0.2, 0.25) is 0 Å². The van der Waals surface area contributed by atoms with Crippen LogP contribution in [0.25, 0.3) is 0 Å².